The summed E-state index contributed by atoms with van der Waals surface area (Å²) in [6, 6.07) is 6.34. The smallest absolute Gasteiger partial charge is 0.325 e. The lowest BCUT2D eigenvalue weighted by Gasteiger charge is -2.12. The Hall–Kier alpha value is -3.83. The van der Waals surface area contributed by atoms with E-state index in [1.54, 1.807) is 49.9 Å². The number of hydrogen-bond donors (Lipinski definition) is 2. The Labute approximate surface area is 201 Å². The van der Waals surface area contributed by atoms with Gasteiger partial charge in [-0.05, 0) is 43.2 Å². The lowest BCUT2D eigenvalue weighted by molar-refractivity contribution is -0.116. The quantitative estimate of drug-likeness (QED) is 0.573. The highest BCUT2D eigenvalue weighted by molar-refractivity contribution is 7.13. The number of hydrogen-bond acceptors (Lipinski definition) is 8. The van der Waals surface area contributed by atoms with Crippen LogP contribution in [-0.4, -0.2) is 48.4 Å². The molecule has 1 aliphatic rings. The molecule has 3 rings (SSSR count). The fourth-order valence-corrected chi connectivity index (χ4v) is 3.61. The number of hydrazone groups is 1. The van der Waals surface area contributed by atoms with Crippen molar-refractivity contribution in [3.05, 3.63) is 54.2 Å². The van der Waals surface area contributed by atoms with Gasteiger partial charge in [0.2, 0.25) is 5.88 Å². The molecule has 2 aromatic rings. The molecule has 0 spiro atoms. The van der Waals surface area contributed by atoms with Gasteiger partial charge in [0.05, 0.1) is 32.0 Å². The SMILES string of the molecule is C=C(CCOC)c1cnc(OC)cnc(NC(=O)Nc2ccc(N3N=C(C)CC3=O)cc2)sc1. The van der Waals surface area contributed by atoms with Crippen molar-refractivity contribution in [3.63, 3.8) is 0 Å². The van der Waals surface area contributed by atoms with Crippen LogP contribution in [0.3, 0.4) is 0 Å². The highest BCUT2D eigenvalue weighted by atomic mass is 32.1. The van der Waals surface area contributed by atoms with E-state index >= 15 is 0 Å². The van der Waals surface area contributed by atoms with Gasteiger partial charge in [0.1, 0.15) is 0 Å². The fourth-order valence-electron chi connectivity index (χ4n) is 2.87. The summed E-state index contributed by atoms with van der Waals surface area (Å²) >= 11 is 1.22. The average Bonchev–Trinajstić information content (AvgIpc) is 3.20. The first-order valence-corrected chi connectivity index (χ1v) is 11.2. The third-order valence-electron chi connectivity index (χ3n) is 4.65. The number of methoxy groups -OCH3 is 2. The van der Waals surface area contributed by atoms with Crippen LogP contribution in [-0.2, 0) is 9.53 Å². The zero-order valence-electron chi connectivity index (χ0n) is 19.2. The summed E-state index contributed by atoms with van der Waals surface area (Å²) in [5.74, 6) is 0.188. The molecular weight excluding hydrogens is 456 g/mol. The zero-order chi connectivity index (χ0) is 24.5. The van der Waals surface area contributed by atoms with Crippen LogP contribution in [0, 0.1) is 0 Å². The molecule has 0 unspecified atom stereocenters. The Morgan fingerprint density at radius 1 is 1.18 bits per heavy atom. The van der Waals surface area contributed by atoms with Crippen molar-refractivity contribution in [1.82, 2.24) is 9.97 Å². The second-order valence-corrected chi connectivity index (χ2v) is 8.10. The summed E-state index contributed by atoms with van der Waals surface area (Å²) in [6.07, 6.45) is 3.99. The highest BCUT2D eigenvalue weighted by Gasteiger charge is 2.22. The van der Waals surface area contributed by atoms with E-state index in [9.17, 15) is 9.59 Å². The maximum absolute atomic E-state index is 12.6. The molecule has 2 N–H and O–H groups in total. The molecule has 3 amide bonds. The number of anilines is 3. The number of amides is 3. The van der Waals surface area contributed by atoms with Gasteiger partial charge in [-0.25, -0.2) is 19.8 Å². The minimum Gasteiger partial charge on any atom is -0.480 e. The van der Waals surface area contributed by atoms with Crippen LogP contribution >= 0.6 is 11.3 Å². The normalized spacial score (nSPS) is 12.6. The van der Waals surface area contributed by atoms with Crippen LogP contribution in [0.4, 0.5) is 21.3 Å². The van der Waals surface area contributed by atoms with E-state index in [1.165, 1.54) is 29.7 Å². The summed E-state index contributed by atoms with van der Waals surface area (Å²) in [6.45, 7) is 6.40. The second-order valence-electron chi connectivity index (χ2n) is 7.24. The van der Waals surface area contributed by atoms with Crippen molar-refractivity contribution in [2.75, 3.05) is 36.5 Å². The number of carbonyl (C=O) groups excluding carboxylic acids is 2. The molecule has 0 atom stereocenters. The van der Waals surface area contributed by atoms with E-state index in [1.807, 2.05) is 0 Å². The lowest BCUT2D eigenvalue weighted by atomic mass is 10.1. The molecule has 10 nitrogen and oxygen atoms in total. The van der Waals surface area contributed by atoms with Crippen LogP contribution in [0.1, 0.15) is 25.3 Å². The number of nitrogens with one attached hydrogen (secondary N) is 2. The van der Waals surface area contributed by atoms with E-state index in [0.717, 1.165) is 16.8 Å². The van der Waals surface area contributed by atoms with Gasteiger partial charge >= 0.3 is 6.03 Å². The number of rotatable bonds is 8. The molecule has 1 aromatic heterocycles. The third kappa shape index (κ3) is 6.83. The summed E-state index contributed by atoms with van der Waals surface area (Å²) in [5.41, 5.74) is 3.54. The molecule has 0 saturated heterocycles. The van der Waals surface area contributed by atoms with E-state index in [2.05, 4.69) is 32.3 Å². The number of aromatic nitrogens is 2. The first-order chi connectivity index (χ1) is 16.4. The lowest BCUT2D eigenvalue weighted by Crippen LogP contribution is -2.20. The summed E-state index contributed by atoms with van der Waals surface area (Å²) < 4.78 is 10.3. The number of carbonyl (C=O) groups is 2. The van der Waals surface area contributed by atoms with Crippen LogP contribution in [0.5, 0.6) is 5.88 Å². The maximum atomic E-state index is 12.6. The van der Waals surface area contributed by atoms with Crippen LogP contribution < -0.4 is 20.4 Å². The molecule has 0 bridgehead atoms. The summed E-state index contributed by atoms with van der Waals surface area (Å²) in [7, 11) is 3.11. The van der Waals surface area contributed by atoms with E-state index in [0.29, 0.717) is 36.0 Å². The molecule has 11 heteroatoms. The third-order valence-corrected chi connectivity index (χ3v) is 5.45. The average molecular weight is 483 g/mol. The first kappa shape index (κ1) is 24.8. The zero-order valence-corrected chi connectivity index (χ0v) is 20.0. The molecule has 1 aliphatic heterocycles. The van der Waals surface area contributed by atoms with Gasteiger partial charge in [0.15, 0.2) is 5.13 Å². The van der Waals surface area contributed by atoms with Crippen LogP contribution in [0.15, 0.2) is 53.7 Å². The second kappa shape index (κ2) is 11.9. The molecule has 0 saturated carbocycles. The molecular formula is C23H26N6O4S. The van der Waals surface area contributed by atoms with Gasteiger partial charge in [0.25, 0.3) is 5.91 Å². The monoisotopic (exact) mass is 482 g/mol. The van der Waals surface area contributed by atoms with Crippen molar-refractivity contribution in [3.8, 4) is 5.88 Å². The standard InChI is InChI=1S/C23H26N6O4S/c1-15(9-10-32-3)17-12-24-20(33-4)13-25-23(34-14-17)27-22(31)26-18-5-7-19(8-6-18)29-21(30)11-16(2)28-29/h5-8,12-14H,1,9-11H2,2-4H3,(H2,25,26,27,31). The molecule has 1 aromatic carbocycles. The van der Waals surface area contributed by atoms with Gasteiger partial charge in [-0.1, -0.05) is 6.58 Å². The topological polar surface area (TPSA) is 118 Å². The summed E-state index contributed by atoms with van der Waals surface area (Å²) in [5, 5.41) is 13.2. The molecule has 0 fully saturated rings. The van der Waals surface area contributed by atoms with Gasteiger partial charge < -0.3 is 14.8 Å². The Bertz CT molecular complexity index is 1140. The Kier molecular flexibility index (Phi) is 8.66. The number of nitrogens with zero attached hydrogens (tertiary/aromatic N) is 4. The van der Waals surface area contributed by atoms with E-state index in [-0.39, 0.29) is 11.8 Å². The maximum Gasteiger partial charge on any atom is 0.325 e. The molecule has 2 heterocycles. The van der Waals surface area contributed by atoms with Crippen molar-refractivity contribution in [2.45, 2.75) is 19.8 Å². The molecule has 178 valence electrons. The fraction of sp³-hybridized carbons (Fsp3) is 0.261. The van der Waals surface area contributed by atoms with E-state index in [4.69, 9.17) is 9.47 Å². The van der Waals surface area contributed by atoms with Gasteiger partial charge in [-0.15, -0.1) is 11.3 Å². The van der Waals surface area contributed by atoms with Gasteiger partial charge in [0, 0.05) is 35.6 Å². The Morgan fingerprint density at radius 2 is 1.94 bits per heavy atom. The first-order valence-electron chi connectivity index (χ1n) is 10.3. The van der Waals surface area contributed by atoms with Crippen LogP contribution in [0.2, 0.25) is 0 Å². The van der Waals surface area contributed by atoms with Crippen molar-refractivity contribution in [2.24, 2.45) is 5.10 Å². The minimum atomic E-state index is -0.481. The van der Waals surface area contributed by atoms with E-state index < -0.39 is 6.03 Å². The Morgan fingerprint density at radius 3 is 2.59 bits per heavy atom. The van der Waals surface area contributed by atoms with Crippen molar-refractivity contribution in [1.29, 1.82) is 0 Å². The number of urea groups is 1. The molecule has 0 aliphatic carbocycles. The van der Waals surface area contributed by atoms with Crippen molar-refractivity contribution >= 4 is 51.1 Å². The van der Waals surface area contributed by atoms with Gasteiger partial charge in [-0.2, -0.15) is 5.10 Å². The number of ether oxygens (including phenoxy) is 2. The predicted molar refractivity (Wildman–Crippen MR) is 134 cm³/mol. The summed E-state index contributed by atoms with van der Waals surface area (Å²) in [4.78, 5) is 33.1. The van der Waals surface area contributed by atoms with Gasteiger partial charge in [-0.3, -0.25) is 10.1 Å². The molecule has 34 heavy (non-hydrogen) atoms. The predicted octanol–water partition coefficient (Wildman–Crippen LogP) is 4.48. The Balaban J connectivity index is 1.73. The highest BCUT2D eigenvalue weighted by Crippen LogP contribution is 2.23. The number of benzene rings is 1. The van der Waals surface area contributed by atoms with Crippen LogP contribution in [0.25, 0.3) is 5.57 Å². The minimum absolute atomic E-state index is 0.0871. The largest absolute Gasteiger partial charge is 0.480 e. The van der Waals surface area contributed by atoms with Crippen molar-refractivity contribution < 1.29 is 19.1 Å². The molecule has 0 radical (unpaired) electrons.